The van der Waals surface area contributed by atoms with E-state index in [-0.39, 0.29) is 35.9 Å². The Kier molecular flexibility index (Phi) is 5.49. The zero-order valence-corrected chi connectivity index (χ0v) is 15.8. The summed E-state index contributed by atoms with van der Waals surface area (Å²) >= 11 is 0. The number of hydrogen-bond acceptors (Lipinski definition) is 4. The minimum absolute atomic E-state index is 0.0378. The normalized spacial score (nSPS) is 13.5. The molecule has 162 valence electrons. The van der Waals surface area contributed by atoms with Gasteiger partial charge in [-0.2, -0.15) is 13.9 Å². The van der Waals surface area contributed by atoms with E-state index in [1.807, 2.05) is 0 Å². The number of hydrogen-bond donors (Lipinski definition) is 1. The molecule has 1 aliphatic rings. The monoisotopic (exact) mass is 438 g/mol. The van der Waals surface area contributed by atoms with Gasteiger partial charge in [-0.1, -0.05) is 0 Å². The molecule has 0 aliphatic carbocycles. The summed E-state index contributed by atoms with van der Waals surface area (Å²) in [5, 5.41) is 7.05. The zero-order valence-electron chi connectivity index (χ0n) is 15.8. The number of carbonyl (C=O) groups excluding carboxylic acids is 1. The predicted molar refractivity (Wildman–Crippen MR) is 101 cm³/mol. The van der Waals surface area contributed by atoms with Crippen molar-refractivity contribution in [2.75, 3.05) is 16.8 Å². The molecular formula is C20H15F5N4O2. The SMILES string of the molecule is O=C1c2cc(CNc3ccc(OC(F)F)cc3F)nn2CCN1c1cc(F)cc(F)c1. The number of halogens is 5. The van der Waals surface area contributed by atoms with E-state index in [0.717, 1.165) is 24.3 Å². The van der Waals surface area contributed by atoms with Gasteiger partial charge in [0.2, 0.25) is 0 Å². The van der Waals surface area contributed by atoms with Gasteiger partial charge in [-0.25, -0.2) is 13.2 Å². The molecule has 0 bridgehead atoms. The molecule has 6 nitrogen and oxygen atoms in total. The first-order valence-corrected chi connectivity index (χ1v) is 9.13. The third kappa shape index (κ3) is 4.44. The second-order valence-corrected chi connectivity index (χ2v) is 6.70. The summed E-state index contributed by atoms with van der Waals surface area (Å²) in [6.07, 6.45) is 0. The lowest BCUT2D eigenvalue weighted by molar-refractivity contribution is -0.0499. The molecule has 0 saturated heterocycles. The highest BCUT2D eigenvalue weighted by atomic mass is 19.3. The Bertz CT molecular complexity index is 1110. The number of nitrogens with one attached hydrogen (secondary N) is 1. The Morgan fingerprint density at radius 2 is 1.77 bits per heavy atom. The standard InChI is InChI=1S/C20H15F5N4O2/c21-11-5-12(22)7-14(6-11)28-3-4-29-18(19(28)30)8-13(27-29)10-26-17-2-1-15(9-16(17)23)31-20(24)25/h1-2,5-9,20,26H,3-4,10H2. The number of alkyl halides is 2. The van der Waals surface area contributed by atoms with Crippen LogP contribution in [0.15, 0.2) is 42.5 Å². The van der Waals surface area contributed by atoms with Crippen LogP contribution in [0.1, 0.15) is 16.2 Å². The van der Waals surface area contributed by atoms with Crippen molar-refractivity contribution in [2.24, 2.45) is 0 Å². The maximum absolute atomic E-state index is 14.1. The van der Waals surface area contributed by atoms with Crippen LogP contribution in [0.4, 0.5) is 33.3 Å². The summed E-state index contributed by atoms with van der Waals surface area (Å²) in [6, 6.07) is 7.61. The van der Waals surface area contributed by atoms with Crippen LogP contribution < -0.4 is 15.0 Å². The number of ether oxygens (including phenoxy) is 1. The highest BCUT2D eigenvalue weighted by molar-refractivity contribution is 6.05. The molecule has 1 aliphatic heterocycles. The fourth-order valence-corrected chi connectivity index (χ4v) is 3.28. The van der Waals surface area contributed by atoms with E-state index in [4.69, 9.17) is 0 Å². The molecule has 0 radical (unpaired) electrons. The molecule has 0 fully saturated rings. The smallest absolute Gasteiger partial charge is 0.387 e. The third-order valence-electron chi connectivity index (χ3n) is 4.61. The number of rotatable bonds is 6. The molecule has 2 aromatic carbocycles. The quantitative estimate of drug-likeness (QED) is 0.587. The van der Waals surface area contributed by atoms with Crippen molar-refractivity contribution in [3.63, 3.8) is 0 Å². The van der Waals surface area contributed by atoms with E-state index in [2.05, 4.69) is 15.2 Å². The van der Waals surface area contributed by atoms with Crippen LogP contribution in [0.5, 0.6) is 5.75 Å². The number of fused-ring (bicyclic) bond motifs is 1. The van der Waals surface area contributed by atoms with Crippen LogP contribution >= 0.6 is 0 Å². The Morgan fingerprint density at radius 3 is 2.45 bits per heavy atom. The first-order chi connectivity index (χ1) is 14.8. The third-order valence-corrected chi connectivity index (χ3v) is 4.61. The lowest BCUT2D eigenvalue weighted by Crippen LogP contribution is -2.40. The van der Waals surface area contributed by atoms with Gasteiger partial charge in [0, 0.05) is 24.4 Å². The molecular weight excluding hydrogens is 423 g/mol. The van der Waals surface area contributed by atoms with Crippen molar-refractivity contribution in [3.05, 3.63) is 71.3 Å². The van der Waals surface area contributed by atoms with Gasteiger partial charge in [-0.3, -0.25) is 9.48 Å². The Balaban J connectivity index is 1.47. The molecule has 4 rings (SSSR count). The molecule has 1 amide bonds. The lowest BCUT2D eigenvalue weighted by atomic mass is 10.2. The molecule has 2 heterocycles. The lowest BCUT2D eigenvalue weighted by Gasteiger charge is -2.27. The highest BCUT2D eigenvalue weighted by Crippen LogP contribution is 2.25. The molecule has 0 atom stereocenters. The van der Waals surface area contributed by atoms with E-state index in [0.29, 0.717) is 12.2 Å². The van der Waals surface area contributed by atoms with E-state index in [1.54, 1.807) is 0 Å². The van der Waals surface area contributed by atoms with Gasteiger partial charge >= 0.3 is 6.61 Å². The van der Waals surface area contributed by atoms with E-state index < -0.39 is 30.0 Å². The van der Waals surface area contributed by atoms with Gasteiger partial charge < -0.3 is 15.0 Å². The zero-order chi connectivity index (χ0) is 22.1. The summed E-state index contributed by atoms with van der Waals surface area (Å²) < 4.78 is 71.1. The summed E-state index contributed by atoms with van der Waals surface area (Å²) in [5.74, 6) is -3.17. The van der Waals surface area contributed by atoms with Gasteiger partial charge in [-0.15, -0.1) is 0 Å². The van der Waals surface area contributed by atoms with Crippen LogP contribution in [-0.2, 0) is 13.1 Å². The average Bonchev–Trinajstić information content (AvgIpc) is 3.10. The topological polar surface area (TPSA) is 59.4 Å². The molecule has 1 N–H and O–H groups in total. The number of aromatic nitrogens is 2. The molecule has 1 aromatic heterocycles. The first kappa shape index (κ1) is 20.6. The molecule has 11 heteroatoms. The number of carbonyl (C=O) groups is 1. The summed E-state index contributed by atoms with van der Waals surface area (Å²) in [7, 11) is 0. The van der Waals surface area contributed by atoms with Crippen LogP contribution in [0, 0.1) is 17.5 Å². The molecule has 0 spiro atoms. The van der Waals surface area contributed by atoms with E-state index >= 15 is 0 Å². The Morgan fingerprint density at radius 1 is 1.03 bits per heavy atom. The Hall–Kier alpha value is -3.63. The molecule has 0 saturated carbocycles. The fourth-order valence-electron chi connectivity index (χ4n) is 3.28. The predicted octanol–water partition coefficient (Wildman–Crippen LogP) is 4.17. The molecule has 31 heavy (non-hydrogen) atoms. The van der Waals surface area contributed by atoms with Crippen molar-refractivity contribution in [2.45, 2.75) is 19.7 Å². The molecule has 3 aromatic rings. The summed E-state index contributed by atoms with van der Waals surface area (Å²) in [6.45, 7) is -2.54. The maximum Gasteiger partial charge on any atom is 0.387 e. The van der Waals surface area contributed by atoms with Crippen molar-refractivity contribution in [3.8, 4) is 5.75 Å². The van der Waals surface area contributed by atoms with Gasteiger partial charge in [0.15, 0.2) is 0 Å². The largest absolute Gasteiger partial charge is 0.435 e. The maximum atomic E-state index is 14.1. The second-order valence-electron chi connectivity index (χ2n) is 6.70. The first-order valence-electron chi connectivity index (χ1n) is 9.13. The molecule has 0 unspecified atom stereocenters. The van der Waals surface area contributed by atoms with Crippen LogP contribution in [0.25, 0.3) is 0 Å². The van der Waals surface area contributed by atoms with E-state index in [1.165, 1.54) is 27.8 Å². The van der Waals surface area contributed by atoms with Crippen LogP contribution in [0.2, 0.25) is 0 Å². The van der Waals surface area contributed by atoms with Gasteiger partial charge in [-0.05, 0) is 30.3 Å². The highest BCUT2D eigenvalue weighted by Gasteiger charge is 2.28. The second kappa shape index (κ2) is 8.25. The number of benzene rings is 2. The number of anilines is 2. The summed E-state index contributed by atoms with van der Waals surface area (Å²) in [5.41, 5.74) is 0.774. The average molecular weight is 438 g/mol. The van der Waals surface area contributed by atoms with Crippen LogP contribution in [0.3, 0.4) is 0 Å². The van der Waals surface area contributed by atoms with Crippen molar-refractivity contribution >= 4 is 17.3 Å². The van der Waals surface area contributed by atoms with Crippen molar-refractivity contribution < 1.29 is 31.5 Å². The van der Waals surface area contributed by atoms with Crippen LogP contribution in [-0.4, -0.2) is 28.8 Å². The fraction of sp³-hybridized carbons (Fsp3) is 0.200. The van der Waals surface area contributed by atoms with Crippen molar-refractivity contribution in [1.29, 1.82) is 0 Å². The van der Waals surface area contributed by atoms with Gasteiger partial charge in [0.1, 0.15) is 28.9 Å². The van der Waals surface area contributed by atoms with Gasteiger partial charge in [0.05, 0.1) is 24.5 Å². The van der Waals surface area contributed by atoms with Crippen molar-refractivity contribution in [1.82, 2.24) is 9.78 Å². The summed E-state index contributed by atoms with van der Waals surface area (Å²) in [4.78, 5) is 14.0. The van der Waals surface area contributed by atoms with E-state index in [9.17, 15) is 26.7 Å². The minimum Gasteiger partial charge on any atom is -0.435 e. The number of nitrogens with zero attached hydrogens (tertiary/aromatic N) is 3. The van der Waals surface area contributed by atoms with Gasteiger partial charge in [0.25, 0.3) is 5.91 Å². The minimum atomic E-state index is -3.06. The Labute approximate surface area is 172 Å². The number of amides is 1.